The Labute approximate surface area is 286 Å². The average Bonchev–Trinajstić information content (AvgIpc) is 3.66. The van der Waals surface area contributed by atoms with E-state index in [2.05, 4.69) is 181 Å². The van der Waals surface area contributed by atoms with Crippen LogP contribution < -0.4 is 4.90 Å². The van der Waals surface area contributed by atoms with E-state index in [1.165, 1.54) is 27.7 Å². The molecule has 5 unspecified atom stereocenters. The van der Waals surface area contributed by atoms with Crippen molar-refractivity contribution in [1.82, 2.24) is 14.1 Å². The molecule has 5 atom stereocenters. The van der Waals surface area contributed by atoms with Gasteiger partial charge in [0.25, 0.3) is 0 Å². The Morgan fingerprint density at radius 3 is 2.37 bits per heavy atom. The molecule has 5 nitrogen and oxygen atoms in total. The third kappa shape index (κ3) is 3.87. The number of aliphatic imine (C=N–C) groups is 1. The molecule has 0 spiro atoms. The van der Waals surface area contributed by atoms with Crippen molar-refractivity contribution in [2.24, 2.45) is 10.9 Å². The largest absolute Gasteiger partial charge is 0.347 e. The number of allylic oxidation sites excluding steroid dienone is 8. The maximum Gasteiger partial charge on any atom is 0.150 e. The van der Waals surface area contributed by atoms with Crippen molar-refractivity contribution < 1.29 is 0 Å². The van der Waals surface area contributed by atoms with Crippen LogP contribution in [0.3, 0.4) is 0 Å². The van der Waals surface area contributed by atoms with Gasteiger partial charge in [0, 0.05) is 41.1 Å². The highest BCUT2D eigenvalue weighted by molar-refractivity contribution is 6.11. The number of para-hydroxylation sites is 4. The zero-order valence-corrected chi connectivity index (χ0v) is 27.9. The van der Waals surface area contributed by atoms with E-state index in [0.717, 1.165) is 39.5 Å². The normalized spacial score (nSPS) is 24.9. The van der Waals surface area contributed by atoms with Crippen LogP contribution in [0.2, 0.25) is 0 Å². The summed E-state index contributed by atoms with van der Waals surface area (Å²) in [5.41, 5.74) is 11.2. The smallest absolute Gasteiger partial charge is 0.150 e. The molecular formula is C44H37N5. The van der Waals surface area contributed by atoms with Crippen LogP contribution in [0.4, 0.5) is 11.4 Å². The highest BCUT2D eigenvalue weighted by atomic mass is 15.3. The zero-order valence-electron chi connectivity index (χ0n) is 27.9. The Morgan fingerprint density at radius 2 is 1.49 bits per heavy atom. The van der Waals surface area contributed by atoms with Crippen molar-refractivity contribution in [2.45, 2.75) is 37.4 Å². The molecule has 10 rings (SSSR count). The van der Waals surface area contributed by atoms with E-state index in [0.29, 0.717) is 0 Å². The van der Waals surface area contributed by atoms with Crippen molar-refractivity contribution in [3.05, 3.63) is 162 Å². The lowest BCUT2D eigenvalue weighted by Gasteiger charge is -2.40. The SMILES string of the molecule is CC1C=CC=CC1c1c2c3c(cccc3n1C1C(c3ccccc3)=Nc3ccccc3N1C)C1C=CC=CC1(C)n1c-2nc2ccccc21. The molecule has 0 saturated carbocycles. The minimum absolute atomic E-state index is 0.119. The van der Waals surface area contributed by atoms with Crippen LogP contribution in [0.5, 0.6) is 0 Å². The van der Waals surface area contributed by atoms with Crippen molar-refractivity contribution in [2.75, 3.05) is 11.9 Å². The molecule has 0 saturated heterocycles. The second-order valence-electron chi connectivity index (χ2n) is 14.1. The second-order valence-corrected chi connectivity index (χ2v) is 14.1. The fourth-order valence-electron chi connectivity index (χ4n) is 9.06. The van der Waals surface area contributed by atoms with E-state index < -0.39 is 0 Å². The summed E-state index contributed by atoms with van der Waals surface area (Å²) in [6.07, 6.45) is 18.2. The van der Waals surface area contributed by atoms with Crippen LogP contribution in [0.15, 0.2) is 151 Å². The van der Waals surface area contributed by atoms with Gasteiger partial charge < -0.3 is 14.0 Å². The quantitative estimate of drug-likeness (QED) is 0.194. The first-order valence-corrected chi connectivity index (χ1v) is 17.4. The molecule has 2 aliphatic carbocycles. The molecule has 0 radical (unpaired) electrons. The lowest BCUT2D eigenvalue weighted by atomic mass is 9.77. The highest BCUT2D eigenvalue weighted by Gasteiger charge is 2.45. The van der Waals surface area contributed by atoms with Crippen LogP contribution in [-0.4, -0.2) is 26.9 Å². The Kier molecular flexibility index (Phi) is 6.02. The Balaban J connectivity index is 1.39. The van der Waals surface area contributed by atoms with Crippen molar-refractivity contribution >= 4 is 39.0 Å². The molecule has 0 N–H and O–H groups in total. The number of hydrogen-bond acceptors (Lipinski definition) is 3. The first-order chi connectivity index (χ1) is 24.0. The number of nitrogens with zero attached hydrogens (tertiary/aromatic N) is 5. The maximum absolute atomic E-state index is 5.55. The standard InChI is InChI=1S/C44H37N5/c1-28-16-7-8-19-30(28)41-39-38-31(32-21-13-14-27-44(32,2)49-36-25-12-10-23-34(36)46-42(39)49)20-15-26-37(38)48(41)43-40(29-17-5-4-6-18-29)45-33-22-9-11-24-35(33)47(43)3/h4-28,30,32,43H,1-3H3. The van der Waals surface area contributed by atoms with Gasteiger partial charge in [-0.1, -0.05) is 122 Å². The zero-order chi connectivity index (χ0) is 32.9. The number of benzene rings is 4. The van der Waals surface area contributed by atoms with Crippen molar-refractivity contribution in [3.63, 3.8) is 0 Å². The van der Waals surface area contributed by atoms with Gasteiger partial charge in [-0.25, -0.2) is 9.98 Å². The summed E-state index contributed by atoms with van der Waals surface area (Å²) < 4.78 is 5.16. The summed E-state index contributed by atoms with van der Waals surface area (Å²) in [5.74, 6) is 1.55. The van der Waals surface area contributed by atoms with E-state index in [4.69, 9.17) is 9.98 Å². The minimum atomic E-state index is -0.340. The number of hydrogen-bond donors (Lipinski definition) is 0. The lowest BCUT2D eigenvalue weighted by Crippen LogP contribution is -2.39. The van der Waals surface area contributed by atoms with Gasteiger partial charge in [-0.3, -0.25) is 0 Å². The fraction of sp³-hybridized carbons (Fsp3) is 0.182. The highest BCUT2D eigenvalue weighted by Crippen LogP contribution is 2.55. The Morgan fingerprint density at radius 1 is 0.735 bits per heavy atom. The molecule has 49 heavy (non-hydrogen) atoms. The van der Waals surface area contributed by atoms with Gasteiger partial charge in [-0.2, -0.15) is 0 Å². The first-order valence-electron chi connectivity index (χ1n) is 17.4. The van der Waals surface area contributed by atoms with Crippen LogP contribution in [0.1, 0.15) is 48.7 Å². The summed E-state index contributed by atoms with van der Waals surface area (Å²) in [7, 11) is 2.23. The molecule has 238 valence electrons. The number of rotatable bonds is 3. The molecule has 4 aliphatic rings. The van der Waals surface area contributed by atoms with E-state index in [1.54, 1.807) is 0 Å². The number of imidazole rings is 1. The Hall–Kier alpha value is -5.68. The molecule has 0 amide bonds. The topological polar surface area (TPSA) is 38.4 Å². The predicted molar refractivity (Wildman–Crippen MR) is 202 cm³/mol. The molecule has 4 heterocycles. The molecule has 5 heteroatoms. The molecular weight excluding hydrogens is 599 g/mol. The van der Waals surface area contributed by atoms with Gasteiger partial charge in [-0.15, -0.1) is 0 Å². The molecule has 0 fully saturated rings. The third-order valence-corrected chi connectivity index (χ3v) is 11.3. The average molecular weight is 636 g/mol. The van der Waals surface area contributed by atoms with Crippen LogP contribution >= 0.6 is 0 Å². The molecule has 6 aromatic rings. The fourth-order valence-corrected chi connectivity index (χ4v) is 9.06. The third-order valence-electron chi connectivity index (χ3n) is 11.3. The number of aromatic nitrogens is 3. The second kappa shape index (κ2) is 10.4. The van der Waals surface area contributed by atoms with Gasteiger partial charge in [0.1, 0.15) is 12.0 Å². The molecule has 4 aromatic carbocycles. The summed E-state index contributed by atoms with van der Waals surface area (Å²) in [4.78, 5) is 13.4. The van der Waals surface area contributed by atoms with Crippen LogP contribution in [0, 0.1) is 5.92 Å². The number of likely N-dealkylation sites (N-methyl/N-ethyl adjacent to an activating group) is 1. The lowest BCUT2D eigenvalue weighted by molar-refractivity contribution is 0.382. The molecule has 2 aromatic heterocycles. The van der Waals surface area contributed by atoms with E-state index in [1.807, 2.05) is 0 Å². The predicted octanol–water partition coefficient (Wildman–Crippen LogP) is 10.2. The van der Waals surface area contributed by atoms with Gasteiger partial charge in [0.2, 0.25) is 0 Å². The van der Waals surface area contributed by atoms with E-state index in [9.17, 15) is 0 Å². The van der Waals surface area contributed by atoms with Gasteiger partial charge >= 0.3 is 0 Å². The summed E-state index contributed by atoms with van der Waals surface area (Å²) >= 11 is 0. The maximum atomic E-state index is 5.55. The molecule has 0 bridgehead atoms. The monoisotopic (exact) mass is 635 g/mol. The number of anilines is 1. The summed E-state index contributed by atoms with van der Waals surface area (Å²) in [6, 6.07) is 34.8. The van der Waals surface area contributed by atoms with Gasteiger partial charge in [0.05, 0.1) is 39.2 Å². The van der Waals surface area contributed by atoms with Crippen LogP contribution in [-0.2, 0) is 5.54 Å². The van der Waals surface area contributed by atoms with Crippen molar-refractivity contribution in [1.29, 1.82) is 0 Å². The summed E-state index contributed by atoms with van der Waals surface area (Å²) in [6.45, 7) is 4.73. The van der Waals surface area contributed by atoms with Gasteiger partial charge in [0.15, 0.2) is 0 Å². The molecule has 2 aliphatic heterocycles. The van der Waals surface area contributed by atoms with Crippen LogP contribution in [0.25, 0.3) is 33.3 Å². The van der Waals surface area contributed by atoms with E-state index >= 15 is 0 Å². The Bertz CT molecular complexity index is 2470. The van der Waals surface area contributed by atoms with Crippen molar-refractivity contribution in [3.8, 4) is 11.4 Å². The van der Waals surface area contributed by atoms with E-state index in [-0.39, 0.29) is 29.5 Å². The number of fused-ring (bicyclic) bond motifs is 8. The first kappa shape index (κ1) is 28.3. The summed E-state index contributed by atoms with van der Waals surface area (Å²) in [5, 5.41) is 1.29. The van der Waals surface area contributed by atoms with Gasteiger partial charge in [-0.05, 0) is 48.7 Å². The minimum Gasteiger partial charge on any atom is -0.347 e.